The molecule has 0 aliphatic carbocycles. The summed E-state index contributed by atoms with van der Waals surface area (Å²) in [4.78, 5) is 7.29. The van der Waals surface area contributed by atoms with Crippen LogP contribution in [0.5, 0.6) is 0 Å². The van der Waals surface area contributed by atoms with Crippen molar-refractivity contribution in [1.82, 2.24) is 15.2 Å². The zero-order chi connectivity index (χ0) is 14.9. The third-order valence-electron chi connectivity index (χ3n) is 4.17. The Balaban J connectivity index is 1.58. The smallest absolute Gasteiger partial charge is 0.0707 e. The van der Waals surface area contributed by atoms with Gasteiger partial charge in [-0.15, -0.1) is 0 Å². The molecular weight excluding hydrogens is 262 g/mol. The summed E-state index contributed by atoms with van der Waals surface area (Å²) >= 11 is 0. The third kappa shape index (κ3) is 4.25. The molecule has 0 spiro atoms. The number of nitrogens with one attached hydrogen (secondary N) is 1. The van der Waals surface area contributed by atoms with Crippen molar-refractivity contribution in [2.24, 2.45) is 0 Å². The molecule has 0 amide bonds. The van der Waals surface area contributed by atoms with E-state index in [2.05, 4.69) is 49.2 Å². The number of hydrogen-bond donors (Lipinski definition) is 1. The van der Waals surface area contributed by atoms with Crippen LogP contribution in [0.2, 0.25) is 0 Å². The molecule has 4 heteroatoms. The predicted molar refractivity (Wildman–Crippen MR) is 84.0 cm³/mol. The highest BCUT2D eigenvalue weighted by Crippen LogP contribution is 2.26. The first-order chi connectivity index (χ1) is 9.98. The van der Waals surface area contributed by atoms with Crippen LogP contribution in [0, 0.1) is 0 Å². The average Bonchev–Trinajstić information content (AvgIpc) is 2.75. The molecule has 3 heterocycles. The van der Waals surface area contributed by atoms with Gasteiger partial charge >= 0.3 is 0 Å². The zero-order valence-electron chi connectivity index (χ0n) is 13.4. The number of fused-ring (bicyclic) bond motifs is 2. The Morgan fingerprint density at radius 1 is 1.19 bits per heavy atom. The molecule has 1 N–H and O–H groups in total. The monoisotopic (exact) mass is 289 g/mol. The lowest BCUT2D eigenvalue weighted by Gasteiger charge is -2.31. The normalized spacial score (nSPS) is 26.2. The molecule has 2 bridgehead atoms. The van der Waals surface area contributed by atoms with Crippen LogP contribution in [-0.4, -0.2) is 40.7 Å². The van der Waals surface area contributed by atoms with E-state index in [1.54, 1.807) is 0 Å². The first kappa shape index (κ1) is 14.9. The minimum atomic E-state index is 0.126. The van der Waals surface area contributed by atoms with Crippen LogP contribution < -0.4 is 5.32 Å². The maximum atomic E-state index is 5.89. The first-order valence-electron chi connectivity index (χ1n) is 8.05. The lowest BCUT2D eigenvalue weighted by atomic mass is 10.1. The van der Waals surface area contributed by atoms with Gasteiger partial charge in [0.25, 0.3) is 0 Å². The highest BCUT2D eigenvalue weighted by Gasteiger charge is 2.33. The molecule has 1 aromatic heterocycles. The number of morpholine rings is 1. The molecule has 0 saturated carbocycles. The summed E-state index contributed by atoms with van der Waals surface area (Å²) in [5.74, 6) is 0. The Hall–Kier alpha value is -0.970. The number of likely N-dealkylation sites (tertiary alicyclic amines) is 1. The number of rotatable bonds is 4. The molecule has 2 aliphatic heterocycles. The summed E-state index contributed by atoms with van der Waals surface area (Å²) in [5.41, 5.74) is 2.42. The molecule has 2 saturated heterocycles. The third-order valence-corrected chi connectivity index (χ3v) is 4.17. The molecule has 21 heavy (non-hydrogen) atoms. The van der Waals surface area contributed by atoms with E-state index in [9.17, 15) is 0 Å². The van der Waals surface area contributed by atoms with Crippen molar-refractivity contribution >= 4 is 0 Å². The van der Waals surface area contributed by atoms with E-state index in [4.69, 9.17) is 9.72 Å². The second kappa shape index (κ2) is 6.03. The average molecular weight is 289 g/mol. The Morgan fingerprint density at radius 3 is 2.52 bits per heavy atom. The van der Waals surface area contributed by atoms with Gasteiger partial charge in [0.1, 0.15) is 0 Å². The van der Waals surface area contributed by atoms with Gasteiger partial charge in [-0.25, -0.2) is 0 Å². The van der Waals surface area contributed by atoms with Crippen LogP contribution in [0.1, 0.15) is 45.0 Å². The summed E-state index contributed by atoms with van der Waals surface area (Å²) < 4.78 is 5.89. The summed E-state index contributed by atoms with van der Waals surface area (Å²) in [6, 6.07) is 6.36. The number of nitrogens with zero attached hydrogens (tertiary/aromatic N) is 2. The standard InChI is InChI=1S/C17H27N3O/c1-17(2,3)18-9-13-5-4-6-14(19-13)10-20-11-15-7-8-16(12-20)21-15/h4-6,15-16,18H,7-12H2,1-3H3. The molecule has 2 unspecified atom stereocenters. The van der Waals surface area contributed by atoms with Gasteiger partial charge in [-0.2, -0.15) is 0 Å². The molecule has 0 radical (unpaired) electrons. The minimum absolute atomic E-state index is 0.126. The largest absolute Gasteiger partial charge is 0.372 e. The Morgan fingerprint density at radius 2 is 1.86 bits per heavy atom. The molecule has 0 aromatic carbocycles. The summed E-state index contributed by atoms with van der Waals surface area (Å²) in [7, 11) is 0. The highest BCUT2D eigenvalue weighted by molar-refractivity contribution is 5.11. The zero-order valence-corrected chi connectivity index (χ0v) is 13.4. The van der Waals surface area contributed by atoms with Crippen molar-refractivity contribution in [1.29, 1.82) is 0 Å². The fourth-order valence-electron chi connectivity index (χ4n) is 3.13. The second-order valence-electron chi connectivity index (χ2n) is 7.38. The van der Waals surface area contributed by atoms with E-state index >= 15 is 0 Å². The fraction of sp³-hybridized carbons (Fsp3) is 0.706. The van der Waals surface area contributed by atoms with Crippen molar-refractivity contribution in [2.75, 3.05) is 13.1 Å². The van der Waals surface area contributed by atoms with Gasteiger partial charge in [-0.3, -0.25) is 9.88 Å². The van der Waals surface area contributed by atoms with Crippen molar-refractivity contribution in [3.8, 4) is 0 Å². The lowest BCUT2D eigenvalue weighted by molar-refractivity contribution is -0.0414. The Kier molecular flexibility index (Phi) is 4.29. The molecule has 3 rings (SSSR count). The lowest BCUT2D eigenvalue weighted by Crippen LogP contribution is -2.42. The molecule has 2 fully saturated rings. The Bertz CT molecular complexity index is 471. The minimum Gasteiger partial charge on any atom is -0.372 e. The van der Waals surface area contributed by atoms with Gasteiger partial charge < -0.3 is 10.1 Å². The number of ether oxygens (including phenoxy) is 1. The van der Waals surface area contributed by atoms with E-state index in [1.165, 1.54) is 18.5 Å². The molecule has 4 nitrogen and oxygen atoms in total. The maximum Gasteiger partial charge on any atom is 0.0707 e. The van der Waals surface area contributed by atoms with Gasteiger partial charge in [0.15, 0.2) is 0 Å². The van der Waals surface area contributed by atoms with E-state index in [0.717, 1.165) is 31.9 Å². The topological polar surface area (TPSA) is 37.4 Å². The molecule has 1 aromatic rings. The Labute approximate surface area is 127 Å². The van der Waals surface area contributed by atoms with Crippen molar-refractivity contribution in [3.05, 3.63) is 29.6 Å². The van der Waals surface area contributed by atoms with E-state index in [0.29, 0.717) is 12.2 Å². The summed E-state index contributed by atoms with van der Waals surface area (Å²) in [6.07, 6.45) is 3.36. The van der Waals surface area contributed by atoms with E-state index in [1.807, 2.05) is 0 Å². The van der Waals surface area contributed by atoms with Crippen LogP contribution in [0.3, 0.4) is 0 Å². The second-order valence-corrected chi connectivity index (χ2v) is 7.38. The highest BCUT2D eigenvalue weighted by atomic mass is 16.5. The van der Waals surface area contributed by atoms with E-state index in [-0.39, 0.29) is 5.54 Å². The quantitative estimate of drug-likeness (QED) is 0.923. The van der Waals surface area contributed by atoms with Crippen LogP contribution in [-0.2, 0) is 17.8 Å². The molecular formula is C17H27N3O. The van der Waals surface area contributed by atoms with Gasteiger partial charge in [0, 0.05) is 31.7 Å². The maximum absolute atomic E-state index is 5.89. The molecule has 2 aliphatic rings. The predicted octanol–water partition coefficient (Wildman–Crippen LogP) is 2.33. The van der Waals surface area contributed by atoms with E-state index < -0.39 is 0 Å². The number of pyridine rings is 1. The fourth-order valence-corrected chi connectivity index (χ4v) is 3.13. The number of hydrogen-bond acceptors (Lipinski definition) is 4. The molecule has 2 atom stereocenters. The molecule has 116 valence electrons. The van der Waals surface area contributed by atoms with Crippen LogP contribution in [0.25, 0.3) is 0 Å². The van der Waals surface area contributed by atoms with Crippen LogP contribution in [0.15, 0.2) is 18.2 Å². The van der Waals surface area contributed by atoms with Gasteiger partial charge in [0.2, 0.25) is 0 Å². The first-order valence-corrected chi connectivity index (χ1v) is 8.05. The van der Waals surface area contributed by atoms with Gasteiger partial charge in [0.05, 0.1) is 23.6 Å². The number of aromatic nitrogens is 1. The van der Waals surface area contributed by atoms with Crippen molar-refractivity contribution < 1.29 is 4.74 Å². The summed E-state index contributed by atoms with van der Waals surface area (Å²) in [5, 5.41) is 3.50. The van der Waals surface area contributed by atoms with Gasteiger partial charge in [-0.05, 0) is 45.7 Å². The SMILES string of the molecule is CC(C)(C)NCc1cccc(CN2CC3CCC(C2)O3)n1. The van der Waals surface area contributed by atoms with Crippen LogP contribution in [0.4, 0.5) is 0 Å². The summed E-state index contributed by atoms with van der Waals surface area (Å²) in [6.45, 7) is 10.4. The van der Waals surface area contributed by atoms with Crippen molar-refractivity contribution in [2.45, 2.75) is 64.4 Å². The van der Waals surface area contributed by atoms with Gasteiger partial charge in [-0.1, -0.05) is 6.07 Å². The van der Waals surface area contributed by atoms with Crippen molar-refractivity contribution in [3.63, 3.8) is 0 Å². The van der Waals surface area contributed by atoms with Crippen LogP contribution >= 0.6 is 0 Å².